The molecule has 1 saturated heterocycles. The van der Waals surface area contributed by atoms with E-state index in [0.29, 0.717) is 23.0 Å². The lowest BCUT2D eigenvalue weighted by atomic mass is 10.1. The van der Waals surface area contributed by atoms with E-state index in [2.05, 4.69) is 56.7 Å². The highest BCUT2D eigenvalue weighted by Gasteiger charge is 2.52. The van der Waals surface area contributed by atoms with Crippen LogP contribution in [0.1, 0.15) is 51.7 Å². The highest BCUT2D eigenvalue weighted by atomic mass is 28.4. The standard InChI is InChI=1S/C25H28O4Si.C9H10O4.C5H10O/c1-25(2,3)30(22-11-7-5-8-12-22,23-13-9-6-10-14-23)29-21-16-19(15-20(26)18-21)17-24(27)28-4;1-13-9(12)4-6-2-7(10)5-8(11)3-6;1-5-3-2-4-6-5/h5-16,18,26H,17H2,1-4H3;2-3,5,10-11H,4H2,1H3;5H,2-4H2,1H3. The lowest BCUT2D eigenvalue weighted by Crippen LogP contribution is -2.68. The number of ether oxygens (including phenoxy) is 3. The molecule has 1 heterocycles. The third-order valence-electron chi connectivity index (χ3n) is 7.91. The number of phenols is 3. The molecule has 0 radical (unpaired) electrons. The Morgan fingerprint density at radius 2 is 1.18 bits per heavy atom. The first-order valence-corrected chi connectivity index (χ1v) is 18.1. The minimum atomic E-state index is -2.81. The van der Waals surface area contributed by atoms with Crippen molar-refractivity contribution in [3.05, 3.63) is 108 Å². The molecule has 4 aromatic rings. The van der Waals surface area contributed by atoms with Gasteiger partial charge in [-0.05, 0) is 70.6 Å². The van der Waals surface area contributed by atoms with Crippen molar-refractivity contribution in [3.8, 4) is 23.0 Å². The predicted octanol–water partition coefficient (Wildman–Crippen LogP) is 6.05. The number of methoxy groups -OCH3 is 2. The van der Waals surface area contributed by atoms with Crippen molar-refractivity contribution in [1.82, 2.24) is 0 Å². The zero-order chi connectivity index (χ0) is 36.0. The third kappa shape index (κ3) is 11.4. The molecule has 3 N–H and O–H groups in total. The second-order valence-electron chi connectivity index (χ2n) is 12.8. The van der Waals surface area contributed by atoms with Gasteiger partial charge < -0.3 is 34.0 Å². The number of phenolic OH excluding ortho intramolecular Hbond substituents is 3. The van der Waals surface area contributed by atoms with Gasteiger partial charge in [-0.25, -0.2) is 0 Å². The monoisotopic (exact) mass is 688 g/mol. The first kappa shape index (κ1) is 38.6. The van der Waals surface area contributed by atoms with E-state index < -0.39 is 14.3 Å². The molecule has 1 atom stereocenters. The van der Waals surface area contributed by atoms with Gasteiger partial charge in [0, 0.05) is 18.7 Å². The molecule has 0 amide bonds. The van der Waals surface area contributed by atoms with Crippen LogP contribution in [0.3, 0.4) is 0 Å². The molecular weight excluding hydrogens is 641 g/mol. The Morgan fingerprint density at radius 1 is 0.735 bits per heavy atom. The maximum Gasteiger partial charge on any atom is 0.319 e. The van der Waals surface area contributed by atoms with Crippen LogP contribution < -0.4 is 14.8 Å². The molecule has 9 nitrogen and oxygen atoms in total. The predicted molar refractivity (Wildman–Crippen MR) is 192 cm³/mol. The SMILES string of the molecule is CC1CCCO1.COC(=O)Cc1cc(O)cc(O)c1.COC(=O)Cc1cc(O)cc(O[Si](c2ccccc2)(c2ccccc2)C(C)(C)C)c1. The van der Waals surface area contributed by atoms with Gasteiger partial charge in [0.25, 0.3) is 0 Å². The van der Waals surface area contributed by atoms with Crippen LogP contribution in [0, 0.1) is 0 Å². The summed E-state index contributed by atoms with van der Waals surface area (Å²) < 4.78 is 21.3. The Bertz CT molecular complexity index is 1570. The molecule has 262 valence electrons. The summed E-state index contributed by atoms with van der Waals surface area (Å²) >= 11 is 0. The summed E-state index contributed by atoms with van der Waals surface area (Å²) in [5, 5.41) is 30.5. The molecule has 10 heteroatoms. The van der Waals surface area contributed by atoms with E-state index in [1.54, 1.807) is 12.1 Å². The Hall–Kier alpha value is -4.80. The van der Waals surface area contributed by atoms with Crippen LogP contribution in [0.2, 0.25) is 5.04 Å². The van der Waals surface area contributed by atoms with Crippen LogP contribution in [-0.2, 0) is 36.6 Å². The van der Waals surface area contributed by atoms with Crippen molar-refractivity contribution in [2.24, 2.45) is 0 Å². The normalized spacial score (nSPS) is 14.0. The summed E-state index contributed by atoms with van der Waals surface area (Å²) in [6, 6.07) is 29.6. The Morgan fingerprint density at radius 3 is 1.55 bits per heavy atom. The number of carbonyl (C=O) groups excluding carboxylic acids is 2. The fraction of sp³-hybridized carbons (Fsp3) is 0.333. The topological polar surface area (TPSA) is 132 Å². The van der Waals surface area contributed by atoms with Gasteiger partial charge in [0.1, 0.15) is 23.0 Å². The summed E-state index contributed by atoms with van der Waals surface area (Å²) in [6.45, 7) is 9.68. The second-order valence-corrected chi connectivity index (χ2v) is 17.0. The first-order valence-electron chi connectivity index (χ1n) is 16.2. The molecule has 49 heavy (non-hydrogen) atoms. The number of aromatic hydroxyl groups is 3. The van der Waals surface area contributed by atoms with Gasteiger partial charge in [-0.1, -0.05) is 81.4 Å². The fourth-order valence-electron chi connectivity index (χ4n) is 5.61. The Labute approximate surface area is 290 Å². The van der Waals surface area contributed by atoms with Gasteiger partial charge in [0.2, 0.25) is 0 Å². The van der Waals surface area contributed by atoms with Crippen molar-refractivity contribution < 1.29 is 43.5 Å². The maximum absolute atomic E-state index is 11.8. The van der Waals surface area contributed by atoms with Crippen LogP contribution in [0.25, 0.3) is 0 Å². The molecule has 4 aromatic carbocycles. The maximum atomic E-state index is 11.8. The molecule has 1 unspecified atom stereocenters. The van der Waals surface area contributed by atoms with Crippen LogP contribution in [-0.4, -0.2) is 62.5 Å². The fourth-order valence-corrected chi connectivity index (χ4v) is 10.0. The molecule has 0 saturated carbocycles. The summed E-state index contributed by atoms with van der Waals surface area (Å²) in [5.41, 5.74) is 1.17. The third-order valence-corrected chi connectivity index (χ3v) is 12.9. The van der Waals surface area contributed by atoms with Crippen molar-refractivity contribution in [2.45, 2.75) is 64.5 Å². The molecule has 1 aliphatic heterocycles. The average Bonchev–Trinajstić information content (AvgIpc) is 3.54. The van der Waals surface area contributed by atoms with E-state index in [-0.39, 0.29) is 41.1 Å². The van der Waals surface area contributed by atoms with Gasteiger partial charge >= 0.3 is 20.3 Å². The first-order chi connectivity index (χ1) is 23.3. The molecule has 0 bridgehead atoms. The van der Waals surface area contributed by atoms with E-state index in [0.717, 1.165) is 17.0 Å². The number of carbonyl (C=O) groups is 2. The number of hydrogen-bond acceptors (Lipinski definition) is 9. The highest BCUT2D eigenvalue weighted by Crippen LogP contribution is 2.38. The Kier molecular flexibility index (Phi) is 14.3. The smallest absolute Gasteiger partial charge is 0.319 e. The number of rotatable bonds is 8. The van der Waals surface area contributed by atoms with E-state index in [4.69, 9.17) is 24.1 Å². The average molecular weight is 689 g/mol. The van der Waals surface area contributed by atoms with Gasteiger partial charge in [-0.3, -0.25) is 9.59 Å². The number of benzene rings is 4. The number of hydrogen-bond donors (Lipinski definition) is 3. The zero-order valence-corrected chi connectivity index (χ0v) is 30.1. The highest BCUT2D eigenvalue weighted by molar-refractivity contribution is 7.00. The zero-order valence-electron chi connectivity index (χ0n) is 29.1. The van der Waals surface area contributed by atoms with E-state index >= 15 is 0 Å². The van der Waals surface area contributed by atoms with Crippen LogP contribution in [0.5, 0.6) is 23.0 Å². The van der Waals surface area contributed by atoms with E-state index in [9.17, 15) is 14.7 Å². The van der Waals surface area contributed by atoms with Crippen molar-refractivity contribution in [3.63, 3.8) is 0 Å². The lowest BCUT2D eigenvalue weighted by Gasteiger charge is -2.43. The quantitative estimate of drug-likeness (QED) is 0.150. The molecule has 1 aliphatic rings. The summed E-state index contributed by atoms with van der Waals surface area (Å²) in [5.74, 6) is -0.313. The van der Waals surface area contributed by atoms with Gasteiger partial charge in [-0.15, -0.1) is 0 Å². The summed E-state index contributed by atoms with van der Waals surface area (Å²) in [4.78, 5) is 22.6. The number of esters is 2. The van der Waals surface area contributed by atoms with Crippen LogP contribution in [0.15, 0.2) is 97.1 Å². The molecule has 0 spiro atoms. The lowest BCUT2D eigenvalue weighted by molar-refractivity contribution is -0.140. The van der Waals surface area contributed by atoms with Gasteiger partial charge in [-0.2, -0.15) is 0 Å². The summed E-state index contributed by atoms with van der Waals surface area (Å²) in [7, 11) is -0.177. The van der Waals surface area contributed by atoms with Crippen molar-refractivity contribution in [1.29, 1.82) is 0 Å². The molecule has 5 rings (SSSR count). The molecule has 0 aliphatic carbocycles. The van der Waals surface area contributed by atoms with Gasteiger partial charge in [0.05, 0.1) is 33.2 Å². The van der Waals surface area contributed by atoms with Gasteiger partial charge in [0.15, 0.2) is 0 Å². The molecule has 0 aromatic heterocycles. The Balaban J connectivity index is 0.000000279. The minimum absolute atomic E-state index is 0.0401. The van der Waals surface area contributed by atoms with Crippen molar-refractivity contribution in [2.75, 3.05) is 20.8 Å². The molecular formula is C39H48O9Si. The second kappa shape index (κ2) is 18.1. The van der Waals surface area contributed by atoms with E-state index in [1.807, 2.05) is 42.5 Å². The largest absolute Gasteiger partial charge is 0.534 e. The molecule has 1 fully saturated rings. The van der Waals surface area contributed by atoms with Crippen LogP contribution >= 0.6 is 0 Å². The van der Waals surface area contributed by atoms with Crippen molar-refractivity contribution >= 4 is 30.6 Å². The van der Waals surface area contributed by atoms with Crippen LogP contribution in [0.4, 0.5) is 0 Å². The van der Waals surface area contributed by atoms with E-state index in [1.165, 1.54) is 45.3 Å². The minimum Gasteiger partial charge on any atom is -0.534 e. The summed E-state index contributed by atoms with van der Waals surface area (Å²) in [6.07, 6.45) is 3.19.